The molecule has 3 aromatic rings. The van der Waals surface area contributed by atoms with Gasteiger partial charge >= 0.3 is 0 Å². The summed E-state index contributed by atoms with van der Waals surface area (Å²) in [5.74, 6) is 0.473. The molecule has 4 atom stereocenters. The molecule has 2 amide bonds. The lowest BCUT2D eigenvalue weighted by Crippen LogP contribution is -2.39. The highest BCUT2D eigenvalue weighted by atomic mass is 32.1. The van der Waals surface area contributed by atoms with E-state index in [4.69, 9.17) is 9.97 Å². The lowest BCUT2D eigenvalue weighted by Gasteiger charge is -2.34. The monoisotopic (exact) mass is 644 g/mol. The summed E-state index contributed by atoms with van der Waals surface area (Å²) < 4.78 is 0. The molecule has 246 valence electrons. The first-order valence-electron chi connectivity index (χ1n) is 17.3. The van der Waals surface area contributed by atoms with Gasteiger partial charge < -0.3 is 25.5 Å². The van der Waals surface area contributed by atoms with Gasteiger partial charge in [-0.25, -0.2) is 9.97 Å². The second-order valence-corrected chi connectivity index (χ2v) is 15.9. The molecule has 5 heterocycles. The largest absolute Gasteiger partial charge is 0.393 e. The maximum absolute atomic E-state index is 13.8. The highest BCUT2D eigenvalue weighted by Gasteiger charge is 2.40. The maximum Gasteiger partial charge on any atom is 0.280 e. The van der Waals surface area contributed by atoms with Crippen LogP contribution in [0.25, 0.3) is 10.3 Å². The summed E-state index contributed by atoms with van der Waals surface area (Å²) >= 11 is 1.36. The lowest BCUT2D eigenvalue weighted by atomic mass is 9.71. The minimum Gasteiger partial charge on any atom is -0.393 e. The summed E-state index contributed by atoms with van der Waals surface area (Å²) in [6, 6.07) is 10.4. The van der Waals surface area contributed by atoms with E-state index in [1.54, 1.807) is 0 Å². The summed E-state index contributed by atoms with van der Waals surface area (Å²) in [7, 11) is 0. The maximum atomic E-state index is 13.8. The number of carbonyl (C=O) groups is 2. The quantitative estimate of drug-likeness (QED) is 0.341. The van der Waals surface area contributed by atoms with Gasteiger partial charge in [0.2, 0.25) is 0 Å². The second-order valence-electron chi connectivity index (χ2n) is 15.0. The molecule has 3 fully saturated rings. The molecule has 1 aliphatic carbocycles. The van der Waals surface area contributed by atoms with Crippen molar-refractivity contribution in [2.75, 3.05) is 32.7 Å². The number of thiazole rings is 1. The molecule has 0 bridgehead atoms. The van der Waals surface area contributed by atoms with E-state index >= 15 is 0 Å². The first kappa shape index (κ1) is 31.7. The van der Waals surface area contributed by atoms with Crippen LogP contribution in [0.15, 0.2) is 30.3 Å². The summed E-state index contributed by atoms with van der Waals surface area (Å²) in [5, 5.41) is 17.3. The molecule has 0 radical (unpaired) electrons. The van der Waals surface area contributed by atoms with E-state index in [2.05, 4.69) is 42.4 Å². The number of fused-ring (bicyclic) bond motifs is 3. The van der Waals surface area contributed by atoms with Crippen LogP contribution in [0.2, 0.25) is 0 Å². The Kier molecular flexibility index (Phi) is 8.91. The zero-order valence-electron chi connectivity index (χ0n) is 27.4. The molecule has 2 aromatic heterocycles. The lowest BCUT2D eigenvalue weighted by molar-refractivity contribution is 0.0736. The fourth-order valence-corrected chi connectivity index (χ4v) is 8.86. The molecule has 2 unspecified atom stereocenters. The number of pyridine rings is 1. The number of nitrogens with one attached hydrogen (secondary N) is 2. The van der Waals surface area contributed by atoms with E-state index in [1.165, 1.54) is 16.9 Å². The summed E-state index contributed by atoms with van der Waals surface area (Å²) in [5.41, 5.74) is 5.06. The number of nitrogens with zero attached hydrogens (tertiary/aromatic N) is 4. The van der Waals surface area contributed by atoms with Gasteiger partial charge in [-0.3, -0.25) is 9.59 Å². The minimum absolute atomic E-state index is 0.0723. The van der Waals surface area contributed by atoms with Crippen LogP contribution >= 0.6 is 11.3 Å². The van der Waals surface area contributed by atoms with E-state index in [1.807, 2.05) is 29.2 Å². The van der Waals surface area contributed by atoms with Crippen molar-refractivity contribution >= 4 is 33.5 Å². The van der Waals surface area contributed by atoms with E-state index in [9.17, 15) is 14.7 Å². The Bertz CT molecular complexity index is 1590. The number of aryl methyl sites for hydroxylation is 1. The smallest absolute Gasteiger partial charge is 0.280 e. The fourth-order valence-electron chi connectivity index (χ4n) is 8.02. The van der Waals surface area contributed by atoms with Crippen LogP contribution in [0, 0.1) is 11.3 Å². The highest BCUT2D eigenvalue weighted by molar-refractivity contribution is 7.19. The van der Waals surface area contributed by atoms with Crippen molar-refractivity contribution in [1.29, 1.82) is 0 Å². The van der Waals surface area contributed by atoms with Crippen molar-refractivity contribution in [2.45, 2.75) is 96.4 Å². The van der Waals surface area contributed by atoms with Crippen LogP contribution in [-0.4, -0.2) is 87.6 Å². The predicted molar refractivity (Wildman–Crippen MR) is 181 cm³/mol. The van der Waals surface area contributed by atoms with Crippen LogP contribution in [0.5, 0.6) is 0 Å². The third kappa shape index (κ3) is 6.59. The molecule has 3 aliphatic heterocycles. The molecular weight excluding hydrogens is 597 g/mol. The van der Waals surface area contributed by atoms with E-state index < -0.39 is 0 Å². The zero-order chi connectivity index (χ0) is 32.0. The molecule has 46 heavy (non-hydrogen) atoms. The number of aliphatic hydroxyl groups is 1. The Labute approximate surface area is 276 Å². The number of benzene rings is 1. The number of likely N-dealkylation sites (tertiary alicyclic amines) is 2. The molecule has 4 aliphatic rings. The second kappa shape index (κ2) is 12.9. The Morgan fingerprint density at radius 1 is 1.09 bits per heavy atom. The average Bonchev–Trinajstić information content (AvgIpc) is 3.78. The van der Waals surface area contributed by atoms with Gasteiger partial charge in [0.25, 0.3) is 11.8 Å². The standard InChI is InChI=1S/C36H48N6O3S/c1-36(2,3)25-7-8-27-24(20-25)21-30-33(39-27)46-34(40-30)32(44)38-28(12-17-41-15-10-26(43)11-16-41)22-5-4-6-23(19-22)35(45)42-18-13-29-31(42)9-14-37-29/h4-6,19,21,25-26,28-29,31,37,43H,7-18,20H2,1-3H3,(H,38,44)/t25-,28+,29?,31?/m0/s1. The van der Waals surface area contributed by atoms with Gasteiger partial charge in [-0.05, 0) is 98.6 Å². The van der Waals surface area contributed by atoms with E-state index in [0.717, 1.165) is 99.3 Å². The molecule has 9 nitrogen and oxygen atoms in total. The predicted octanol–water partition coefficient (Wildman–Crippen LogP) is 4.74. The van der Waals surface area contributed by atoms with Crippen molar-refractivity contribution in [3.63, 3.8) is 0 Å². The average molecular weight is 645 g/mol. The van der Waals surface area contributed by atoms with Crippen LogP contribution in [0.1, 0.15) is 102 Å². The number of hydrogen-bond acceptors (Lipinski definition) is 8. The number of aliphatic hydroxyl groups excluding tert-OH is 1. The van der Waals surface area contributed by atoms with Crippen LogP contribution in [0.4, 0.5) is 0 Å². The molecule has 3 N–H and O–H groups in total. The fraction of sp³-hybridized carbons (Fsp3) is 0.611. The molecule has 0 spiro atoms. The van der Waals surface area contributed by atoms with Gasteiger partial charge in [-0.15, -0.1) is 0 Å². The van der Waals surface area contributed by atoms with Crippen LogP contribution < -0.4 is 10.6 Å². The highest BCUT2D eigenvalue weighted by Crippen LogP contribution is 2.38. The van der Waals surface area contributed by atoms with Crippen LogP contribution in [0.3, 0.4) is 0 Å². The van der Waals surface area contributed by atoms with Crippen molar-refractivity contribution in [2.24, 2.45) is 11.3 Å². The van der Waals surface area contributed by atoms with Gasteiger partial charge in [-0.1, -0.05) is 44.2 Å². The Hall–Kier alpha value is -2.92. The Balaban J connectivity index is 1.11. The first-order valence-corrected chi connectivity index (χ1v) is 18.1. The van der Waals surface area contributed by atoms with Crippen molar-refractivity contribution in [1.82, 2.24) is 30.4 Å². The summed E-state index contributed by atoms with van der Waals surface area (Å²) in [4.78, 5) is 42.5. The third-order valence-electron chi connectivity index (χ3n) is 11.0. The molecule has 0 saturated carbocycles. The number of amides is 2. The number of piperidine rings is 1. The normalized spacial score (nSPS) is 24.6. The van der Waals surface area contributed by atoms with Gasteiger partial charge in [0.1, 0.15) is 10.3 Å². The van der Waals surface area contributed by atoms with Gasteiger partial charge in [0, 0.05) is 49.5 Å². The van der Waals surface area contributed by atoms with Crippen molar-refractivity contribution in [3.05, 3.63) is 57.7 Å². The molecule has 10 heteroatoms. The first-order chi connectivity index (χ1) is 22.1. The Morgan fingerprint density at radius 2 is 1.91 bits per heavy atom. The van der Waals surface area contributed by atoms with Crippen LogP contribution in [-0.2, 0) is 12.8 Å². The topological polar surface area (TPSA) is 111 Å². The van der Waals surface area contributed by atoms with Gasteiger partial charge in [0.15, 0.2) is 5.01 Å². The van der Waals surface area contributed by atoms with Gasteiger partial charge in [-0.2, -0.15) is 0 Å². The number of rotatable bonds is 7. The molecule has 3 saturated heterocycles. The molecular formula is C36H48N6O3S. The Morgan fingerprint density at radius 3 is 2.72 bits per heavy atom. The third-order valence-corrected chi connectivity index (χ3v) is 11.9. The molecule has 1 aromatic carbocycles. The SMILES string of the molecule is CC(C)(C)[C@H]1CCc2nc3sc(C(=O)N[C@H](CCN4CCC(O)CC4)c4cccc(C(=O)N5CCC6NCCC65)c4)nc3cc2C1. The summed E-state index contributed by atoms with van der Waals surface area (Å²) in [6.45, 7) is 11.1. The van der Waals surface area contributed by atoms with Gasteiger partial charge in [0.05, 0.1) is 12.1 Å². The van der Waals surface area contributed by atoms with E-state index in [0.29, 0.717) is 29.0 Å². The molecule has 7 rings (SSSR count). The zero-order valence-corrected chi connectivity index (χ0v) is 28.2. The number of hydrogen-bond donors (Lipinski definition) is 3. The van der Waals surface area contributed by atoms with Crippen molar-refractivity contribution in [3.8, 4) is 0 Å². The van der Waals surface area contributed by atoms with E-state index in [-0.39, 0.29) is 35.4 Å². The summed E-state index contributed by atoms with van der Waals surface area (Å²) in [6.07, 6.45) is 7.10. The number of aromatic nitrogens is 2. The van der Waals surface area contributed by atoms with Crippen molar-refractivity contribution < 1.29 is 14.7 Å². The minimum atomic E-state index is -0.285. The number of carbonyl (C=O) groups excluding carboxylic acids is 2.